The summed E-state index contributed by atoms with van der Waals surface area (Å²) < 4.78 is 11.2. The Hall–Kier alpha value is -2.23. The number of hydrogen-bond donors (Lipinski definition) is 1. The Labute approximate surface area is 106 Å². The van der Waals surface area contributed by atoms with Gasteiger partial charge in [-0.3, -0.25) is 0 Å². The number of nitrogen functional groups attached to an aromatic ring is 1. The van der Waals surface area contributed by atoms with Gasteiger partial charge in [-0.15, -0.1) is 0 Å². The van der Waals surface area contributed by atoms with Gasteiger partial charge >= 0.3 is 0 Å². The molecule has 0 aliphatic rings. The molecule has 0 unspecified atom stereocenters. The van der Waals surface area contributed by atoms with Crippen molar-refractivity contribution in [3.63, 3.8) is 0 Å². The maximum atomic E-state index is 5.76. The third kappa shape index (κ3) is 2.71. The van der Waals surface area contributed by atoms with Crippen LogP contribution in [0.1, 0.15) is 12.5 Å². The van der Waals surface area contributed by atoms with E-state index in [1.807, 2.05) is 38.1 Å². The van der Waals surface area contributed by atoms with E-state index in [9.17, 15) is 0 Å². The zero-order valence-corrected chi connectivity index (χ0v) is 10.5. The molecule has 0 aliphatic heterocycles. The molecule has 0 saturated heterocycles. The van der Waals surface area contributed by atoms with Gasteiger partial charge in [-0.2, -0.15) is 0 Å². The van der Waals surface area contributed by atoms with Crippen molar-refractivity contribution in [1.82, 2.24) is 4.98 Å². The van der Waals surface area contributed by atoms with Crippen LogP contribution in [0, 0.1) is 6.92 Å². The Morgan fingerprint density at radius 1 is 1.22 bits per heavy atom. The molecule has 0 atom stereocenters. The van der Waals surface area contributed by atoms with Gasteiger partial charge < -0.3 is 15.2 Å². The Bertz CT molecular complexity index is 541. The molecule has 18 heavy (non-hydrogen) atoms. The van der Waals surface area contributed by atoms with Gasteiger partial charge in [-0.1, -0.05) is 6.07 Å². The van der Waals surface area contributed by atoms with E-state index in [-0.39, 0.29) is 0 Å². The van der Waals surface area contributed by atoms with Gasteiger partial charge in [0.05, 0.1) is 6.61 Å². The Kier molecular flexibility index (Phi) is 3.67. The molecule has 2 aromatic rings. The second kappa shape index (κ2) is 5.40. The van der Waals surface area contributed by atoms with Crippen molar-refractivity contribution in [2.75, 3.05) is 12.3 Å². The number of hydrogen-bond acceptors (Lipinski definition) is 4. The van der Waals surface area contributed by atoms with Crippen LogP contribution in [0.15, 0.2) is 36.5 Å². The van der Waals surface area contributed by atoms with Gasteiger partial charge in [0.2, 0.25) is 0 Å². The van der Waals surface area contributed by atoms with Crippen molar-refractivity contribution in [3.05, 3.63) is 42.1 Å². The zero-order chi connectivity index (χ0) is 13.0. The molecule has 0 fully saturated rings. The fraction of sp³-hybridized carbons (Fsp3) is 0.214. The van der Waals surface area contributed by atoms with Crippen molar-refractivity contribution < 1.29 is 9.47 Å². The fourth-order valence-electron chi connectivity index (χ4n) is 1.55. The van der Waals surface area contributed by atoms with Crippen LogP contribution in [-0.4, -0.2) is 11.6 Å². The molecule has 0 spiro atoms. The highest BCUT2D eigenvalue weighted by Crippen LogP contribution is 2.31. The topological polar surface area (TPSA) is 57.4 Å². The first-order valence-corrected chi connectivity index (χ1v) is 5.82. The standard InChI is InChI=1S/C14H16N2O2/c1-3-17-12-5-4-8-16-14(12)18-13-9-11(15)7-6-10(13)2/h4-9H,3,15H2,1-2H3. The Morgan fingerprint density at radius 3 is 2.83 bits per heavy atom. The van der Waals surface area contributed by atoms with Crippen LogP contribution in [0.2, 0.25) is 0 Å². The summed E-state index contributed by atoms with van der Waals surface area (Å²) in [6.07, 6.45) is 1.67. The van der Waals surface area contributed by atoms with Crippen LogP contribution in [-0.2, 0) is 0 Å². The van der Waals surface area contributed by atoms with Crippen LogP contribution in [0.3, 0.4) is 0 Å². The highest BCUT2D eigenvalue weighted by atomic mass is 16.5. The summed E-state index contributed by atoms with van der Waals surface area (Å²) in [4.78, 5) is 4.18. The van der Waals surface area contributed by atoms with E-state index < -0.39 is 0 Å². The van der Waals surface area contributed by atoms with Crippen LogP contribution < -0.4 is 15.2 Å². The molecule has 1 aromatic carbocycles. The van der Waals surface area contributed by atoms with Crippen molar-refractivity contribution in [2.45, 2.75) is 13.8 Å². The molecule has 0 radical (unpaired) electrons. The highest BCUT2D eigenvalue weighted by Gasteiger charge is 2.08. The van der Waals surface area contributed by atoms with Crippen molar-refractivity contribution in [2.24, 2.45) is 0 Å². The lowest BCUT2D eigenvalue weighted by atomic mass is 10.2. The van der Waals surface area contributed by atoms with Crippen LogP contribution in [0.25, 0.3) is 0 Å². The van der Waals surface area contributed by atoms with Crippen LogP contribution in [0.5, 0.6) is 17.4 Å². The molecule has 2 rings (SSSR count). The summed E-state index contributed by atoms with van der Waals surface area (Å²) in [5, 5.41) is 0. The minimum Gasteiger partial charge on any atom is -0.488 e. The fourth-order valence-corrected chi connectivity index (χ4v) is 1.55. The molecule has 0 amide bonds. The monoisotopic (exact) mass is 244 g/mol. The average Bonchev–Trinajstić information content (AvgIpc) is 2.36. The zero-order valence-electron chi connectivity index (χ0n) is 10.5. The molecule has 94 valence electrons. The van der Waals surface area contributed by atoms with E-state index in [0.717, 1.165) is 5.56 Å². The lowest BCUT2D eigenvalue weighted by Gasteiger charge is -2.12. The minimum atomic E-state index is 0.452. The van der Waals surface area contributed by atoms with Gasteiger partial charge in [0.1, 0.15) is 5.75 Å². The van der Waals surface area contributed by atoms with E-state index >= 15 is 0 Å². The first-order valence-electron chi connectivity index (χ1n) is 5.82. The average molecular weight is 244 g/mol. The van der Waals surface area contributed by atoms with Crippen LogP contribution in [0.4, 0.5) is 5.69 Å². The molecule has 1 aromatic heterocycles. The third-order valence-electron chi connectivity index (χ3n) is 2.45. The van der Waals surface area contributed by atoms with Crippen LogP contribution >= 0.6 is 0 Å². The normalized spacial score (nSPS) is 10.1. The maximum Gasteiger partial charge on any atom is 0.262 e. The summed E-state index contributed by atoms with van der Waals surface area (Å²) >= 11 is 0. The molecule has 2 N–H and O–H groups in total. The van der Waals surface area contributed by atoms with Crippen molar-refractivity contribution in [1.29, 1.82) is 0 Å². The molecule has 0 bridgehead atoms. The van der Waals surface area contributed by atoms with Gasteiger partial charge in [-0.25, -0.2) is 4.98 Å². The van der Waals surface area contributed by atoms with Gasteiger partial charge in [0, 0.05) is 18.0 Å². The number of rotatable bonds is 4. The lowest BCUT2D eigenvalue weighted by Crippen LogP contribution is -1.98. The van der Waals surface area contributed by atoms with Crippen molar-refractivity contribution >= 4 is 5.69 Å². The smallest absolute Gasteiger partial charge is 0.262 e. The highest BCUT2D eigenvalue weighted by molar-refractivity contribution is 5.50. The first kappa shape index (κ1) is 12.2. The number of benzene rings is 1. The van der Waals surface area contributed by atoms with Gasteiger partial charge in [0.25, 0.3) is 5.88 Å². The number of nitrogens with zero attached hydrogens (tertiary/aromatic N) is 1. The molecule has 4 nitrogen and oxygen atoms in total. The number of aromatic nitrogens is 1. The molecule has 0 aliphatic carbocycles. The molecule has 4 heteroatoms. The molecular formula is C14H16N2O2. The summed E-state index contributed by atoms with van der Waals surface area (Å²) in [6, 6.07) is 9.16. The second-order valence-electron chi connectivity index (χ2n) is 3.87. The summed E-state index contributed by atoms with van der Waals surface area (Å²) in [7, 11) is 0. The van der Waals surface area contributed by atoms with E-state index in [1.54, 1.807) is 12.3 Å². The number of pyridine rings is 1. The summed E-state index contributed by atoms with van der Waals surface area (Å²) in [5.74, 6) is 1.77. The van der Waals surface area contributed by atoms with E-state index in [1.165, 1.54) is 0 Å². The van der Waals surface area contributed by atoms with E-state index in [4.69, 9.17) is 15.2 Å². The van der Waals surface area contributed by atoms with Crippen molar-refractivity contribution in [3.8, 4) is 17.4 Å². The number of anilines is 1. The number of ether oxygens (including phenoxy) is 2. The minimum absolute atomic E-state index is 0.452. The molecule has 0 saturated carbocycles. The van der Waals surface area contributed by atoms with E-state index in [0.29, 0.717) is 29.7 Å². The quantitative estimate of drug-likeness (QED) is 0.839. The SMILES string of the molecule is CCOc1cccnc1Oc1cc(N)ccc1C. The summed E-state index contributed by atoms with van der Waals surface area (Å²) in [6.45, 7) is 4.44. The second-order valence-corrected chi connectivity index (χ2v) is 3.87. The largest absolute Gasteiger partial charge is 0.488 e. The Balaban J connectivity index is 2.30. The third-order valence-corrected chi connectivity index (χ3v) is 2.45. The van der Waals surface area contributed by atoms with Gasteiger partial charge in [0.15, 0.2) is 5.75 Å². The predicted molar refractivity (Wildman–Crippen MR) is 71.1 cm³/mol. The van der Waals surface area contributed by atoms with Gasteiger partial charge in [-0.05, 0) is 37.6 Å². The summed E-state index contributed by atoms with van der Waals surface area (Å²) in [5.41, 5.74) is 7.40. The lowest BCUT2D eigenvalue weighted by molar-refractivity contribution is 0.316. The molecule has 1 heterocycles. The van der Waals surface area contributed by atoms with E-state index in [2.05, 4.69) is 4.98 Å². The Morgan fingerprint density at radius 2 is 2.06 bits per heavy atom. The first-order chi connectivity index (χ1) is 8.70. The maximum absolute atomic E-state index is 5.76. The molecular weight excluding hydrogens is 228 g/mol. The number of aryl methyl sites for hydroxylation is 1. The predicted octanol–water partition coefficient (Wildman–Crippen LogP) is 3.16. The number of nitrogens with two attached hydrogens (primary N) is 1.